The highest BCUT2D eigenvalue weighted by molar-refractivity contribution is 7.84. The number of benzene rings is 1. The second-order valence-electron chi connectivity index (χ2n) is 15.5. The molecular weight excluding hydrogens is 733 g/mol. The van der Waals surface area contributed by atoms with Crippen LogP contribution in [0.5, 0.6) is 11.6 Å². The van der Waals surface area contributed by atoms with E-state index in [0.29, 0.717) is 29.9 Å². The summed E-state index contributed by atoms with van der Waals surface area (Å²) in [6.45, 7) is 10.3. The van der Waals surface area contributed by atoms with E-state index in [4.69, 9.17) is 18.9 Å². The topological polar surface area (TPSA) is 204 Å². The van der Waals surface area contributed by atoms with Crippen molar-refractivity contribution in [2.75, 3.05) is 26.9 Å². The number of nitrogens with zero attached hydrogens (tertiary/aromatic N) is 2. The van der Waals surface area contributed by atoms with Crippen LogP contribution >= 0.6 is 0 Å². The number of amides is 5. The first-order valence-corrected chi connectivity index (χ1v) is 19.8. The Hall–Kier alpha value is -4.77. The summed E-state index contributed by atoms with van der Waals surface area (Å²) in [4.78, 5) is 74.1. The smallest absolute Gasteiger partial charge is 0.408 e. The monoisotopic (exact) mass is 782 g/mol. The van der Waals surface area contributed by atoms with Gasteiger partial charge in [-0.25, -0.2) is 14.0 Å². The van der Waals surface area contributed by atoms with Crippen LogP contribution in [-0.4, -0.2) is 111 Å². The molecule has 16 nitrogen and oxygen atoms in total. The number of aromatic nitrogens is 1. The van der Waals surface area contributed by atoms with E-state index in [1.807, 2.05) is 18.2 Å². The molecule has 5 amide bonds. The zero-order chi connectivity index (χ0) is 39.7. The molecule has 55 heavy (non-hydrogen) atoms. The summed E-state index contributed by atoms with van der Waals surface area (Å²) in [7, 11) is 0.00186. The first-order valence-electron chi connectivity index (χ1n) is 18.6. The summed E-state index contributed by atoms with van der Waals surface area (Å²) >= 11 is 0. The van der Waals surface area contributed by atoms with Crippen LogP contribution in [0.4, 0.5) is 4.79 Å². The first-order chi connectivity index (χ1) is 26.1. The lowest BCUT2D eigenvalue weighted by Gasteiger charge is -2.29. The first kappa shape index (κ1) is 39.9. The van der Waals surface area contributed by atoms with Crippen LogP contribution in [0.1, 0.15) is 65.4 Å². The molecule has 3 heterocycles. The van der Waals surface area contributed by atoms with Crippen molar-refractivity contribution in [3.8, 4) is 11.6 Å². The number of hydrogen-bond donors (Lipinski definition) is 4. The number of carbonyl (C=O) groups excluding carboxylic acids is 5. The number of methoxy groups -OCH3 is 1. The third-order valence-corrected chi connectivity index (χ3v) is 11.5. The van der Waals surface area contributed by atoms with E-state index < -0.39 is 82.0 Å². The number of alkyl carbamates (subject to hydrolysis) is 1. The van der Waals surface area contributed by atoms with Gasteiger partial charge in [0.2, 0.25) is 23.6 Å². The maximum absolute atomic E-state index is 14.2. The fourth-order valence-electron chi connectivity index (χ4n) is 6.94. The average Bonchev–Trinajstić information content (AvgIpc) is 4.06. The van der Waals surface area contributed by atoms with Gasteiger partial charge in [0.05, 0.1) is 25.5 Å². The van der Waals surface area contributed by atoms with Gasteiger partial charge in [0.1, 0.15) is 52.1 Å². The van der Waals surface area contributed by atoms with Crippen molar-refractivity contribution in [2.24, 2.45) is 5.92 Å². The van der Waals surface area contributed by atoms with Crippen molar-refractivity contribution in [1.29, 1.82) is 0 Å². The molecule has 1 aromatic carbocycles. The van der Waals surface area contributed by atoms with Crippen LogP contribution in [0.15, 0.2) is 37.1 Å². The van der Waals surface area contributed by atoms with Crippen LogP contribution in [0.25, 0.3) is 10.8 Å². The van der Waals surface area contributed by atoms with Gasteiger partial charge in [-0.2, -0.15) is 0 Å². The average molecular weight is 783 g/mol. The third-order valence-electron chi connectivity index (χ3n) is 10.1. The van der Waals surface area contributed by atoms with Gasteiger partial charge in [-0.3, -0.25) is 23.9 Å². The lowest BCUT2D eigenvalue weighted by molar-refractivity contribution is -0.142. The van der Waals surface area contributed by atoms with E-state index in [9.17, 15) is 28.2 Å². The highest BCUT2D eigenvalue weighted by atomic mass is 32.2. The fourth-order valence-corrected chi connectivity index (χ4v) is 8.03. The molecule has 2 aliphatic carbocycles. The molecule has 298 valence electrons. The van der Waals surface area contributed by atoms with E-state index >= 15 is 0 Å². The Morgan fingerprint density at radius 1 is 1.20 bits per heavy atom. The molecule has 1 unspecified atom stereocenters. The molecule has 2 aromatic rings. The van der Waals surface area contributed by atoms with Crippen LogP contribution in [0.3, 0.4) is 0 Å². The van der Waals surface area contributed by atoms with Crippen LogP contribution in [0, 0.1) is 5.92 Å². The Kier molecular flexibility index (Phi) is 11.7. The summed E-state index contributed by atoms with van der Waals surface area (Å²) in [5.41, 5.74) is -1.35. The molecular formula is C38H50N6O10S. The second-order valence-corrected chi connectivity index (χ2v) is 17.0. The lowest BCUT2D eigenvalue weighted by Crippen LogP contribution is -2.59. The molecule has 0 spiro atoms. The maximum atomic E-state index is 14.2. The van der Waals surface area contributed by atoms with Gasteiger partial charge >= 0.3 is 6.09 Å². The normalized spacial score (nSPS) is 27.8. The second kappa shape index (κ2) is 16.1. The SMILES string of the molecule is C=C[C@@H]1C[C@]1(NC(=O)[C@@H]1C[C@@H]2CN1C(=O)[C@H](C)NC(=O)[C@@H](NC(=O)OC(C)(C)C)COCCCc1cc3c(nccc3cc1OC)O2)C(=O)NS(=O)C1CC1. The van der Waals surface area contributed by atoms with Gasteiger partial charge in [0.25, 0.3) is 5.91 Å². The van der Waals surface area contributed by atoms with Crippen molar-refractivity contribution >= 4 is 51.5 Å². The van der Waals surface area contributed by atoms with Gasteiger partial charge in [0, 0.05) is 30.5 Å². The predicted octanol–water partition coefficient (Wildman–Crippen LogP) is 1.96. The molecule has 4 aliphatic rings. The van der Waals surface area contributed by atoms with E-state index in [1.165, 1.54) is 11.8 Å². The highest BCUT2D eigenvalue weighted by Crippen LogP contribution is 2.45. The van der Waals surface area contributed by atoms with Gasteiger partial charge in [-0.15, -0.1) is 6.58 Å². The maximum Gasteiger partial charge on any atom is 0.408 e. The number of fused-ring (bicyclic) bond motifs is 3. The predicted molar refractivity (Wildman–Crippen MR) is 201 cm³/mol. The standard InChI is InChI=1S/C38H50N6O10S/c1-7-24-18-38(24,35(48)43-55(50)26-10-11-26)42-32(46)29-17-25-19-44(29)34(47)21(2)40-31(45)28(41-36(49)54-37(3,4)5)20-52-14-8-9-23-15-27-22(16-30(23)51-6)12-13-39-33(27)53-25/h7,12-13,15-16,21,24-26,28-29H,1,8-11,14,17-20H2,2-6H3,(H,40,45)(H,41,49)(H,42,46)(H,43,48)/t21-,24+,25+,28-,29-,38+,55?/m0/s1. The van der Waals surface area contributed by atoms with Gasteiger partial charge in [-0.05, 0) is 88.9 Å². The van der Waals surface area contributed by atoms with Crippen molar-refractivity contribution in [2.45, 2.75) is 107 Å². The molecule has 2 saturated carbocycles. The van der Waals surface area contributed by atoms with E-state index in [2.05, 4.69) is 32.2 Å². The van der Waals surface area contributed by atoms with Crippen molar-refractivity contribution in [3.05, 3.63) is 42.6 Å². The minimum absolute atomic E-state index is 0.0421. The van der Waals surface area contributed by atoms with Gasteiger partial charge < -0.3 is 39.8 Å². The number of rotatable bonds is 8. The third kappa shape index (κ3) is 9.20. The van der Waals surface area contributed by atoms with Crippen LogP contribution < -0.4 is 30.1 Å². The molecule has 0 radical (unpaired) electrons. The quantitative estimate of drug-likeness (QED) is 0.285. The summed E-state index contributed by atoms with van der Waals surface area (Å²) in [5, 5.41) is 9.49. The zero-order valence-electron chi connectivity index (χ0n) is 31.8. The van der Waals surface area contributed by atoms with Gasteiger partial charge in [0.15, 0.2) is 0 Å². The Balaban J connectivity index is 1.30. The van der Waals surface area contributed by atoms with Crippen LogP contribution in [0.2, 0.25) is 0 Å². The number of carbonyl (C=O) groups is 5. The minimum atomic E-state index is -1.58. The lowest BCUT2D eigenvalue weighted by atomic mass is 10.0. The zero-order valence-corrected chi connectivity index (χ0v) is 32.6. The molecule has 4 bridgehead atoms. The summed E-state index contributed by atoms with van der Waals surface area (Å²) in [5.74, 6) is -1.93. The number of hydrogen-bond acceptors (Lipinski definition) is 11. The molecule has 1 saturated heterocycles. The van der Waals surface area contributed by atoms with Crippen molar-refractivity contribution in [3.63, 3.8) is 0 Å². The molecule has 6 rings (SSSR count). The molecule has 2 aliphatic heterocycles. The van der Waals surface area contributed by atoms with Crippen LogP contribution in [-0.2, 0) is 46.1 Å². The molecule has 17 heteroatoms. The molecule has 7 atom stereocenters. The van der Waals surface area contributed by atoms with Crippen molar-refractivity contribution < 1.29 is 47.1 Å². The highest BCUT2D eigenvalue weighted by Gasteiger charge is 2.61. The Labute approximate surface area is 322 Å². The molecule has 3 fully saturated rings. The van der Waals surface area contributed by atoms with E-state index in [-0.39, 0.29) is 37.9 Å². The Bertz CT molecular complexity index is 1880. The Morgan fingerprint density at radius 2 is 1.96 bits per heavy atom. The number of aryl methyl sites for hydroxylation is 1. The van der Waals surface area contributed by atoms with Gasteiger partial charge in [-0.1, -0.05) is 6.08 Å². The molecule has 1 aromatic heterocycles. The summed E-state index contributed by atoms with van der Waals surface area (Å²) < 4.78 is 38.6. The number of pyridine rings is 1. The number of nitrogens with one attached hydrogen (secondary N) is 4. The summed E-state index contributed by atoms with van der Waals surface area (Å²) in [6.07, 6.45) is 4.51. The Morgan fingerprint density at radius 3 is 2.64 bits per heavy atom. The summed E-state index contributed by atoms with van der Waals surface area (Å²) in [6, 6.07) is 2.16. The largest absolute Gasteiger partial charge is 0.496 e. The fraction of sp³-hybridized carbons (Fsp3) is 0.579. The van der Waals surface area contributed by atoms with E-state index in [1.54, 1.807) is 40.2 Å². The minimum Gasteiger partial charge on any atom is -0.496 e. The van der Waals surface area contributed by atoms with E-state index in [0.717, 1.165) is 23.8 Å². The molecule has 4 N–H and O–H groups in total. The number of ether oxygens (including phenoxy) is 4. The van der Waals surface area contributed by atoms with Crippen molar-refractivity contribution in [1.82, 2.24) is 30.6 Å².